The molecule has 0 aromatic carbocycles. The van der Waals surface area contributed by atoms with Crippen molar-refractivity contribution in [3.05, 3.63) is 0 Å². The standard InChI is InChI=1S/C7H15N3/c1-9-6-4-2-3-5-7(6)10-8/h6-7,10H,1-5,8H2. The van der Waals surface area contributed by atoms with Crippen molar-refractivity contribution in [3.8, 4) is 0 Å². The molecule has 3 heteroatoms. The first kappa shape index (κ1) is 7.69. The molecule has 0 amide bonds. The minimum atomic E-state index is 0.346. The maximum absolute atomic E-state index is 5.33. The van der Waals surface area contributed by atoms with Crippen molar-refractivity contribution in [1.82, 2.24) is 5.43 Å². The molecule has 0 saturated heterocycles. The van der Waals surface area contributed by atoms with E-state index in [1.54, 1.807) is 0 Å². The molecule has 1 rings (SSSR count). The zero-order chi connectivity index (χ0) is 7.40. The Morgan fingerprint density at radius 3 is 2.60 bits per heavy atom. The van der Waals surface area contributed by atoms with Crippen molar-refractivity contribution < 1.29 is 0 Å². The van der Waals surface area contributed by atoms with Crippen molar-refractivity contribution in [2.45, 2.75) is 37.8 Å². The van der Waals surface area contributed by atoms with Crippen LogP contribution in [0.4, 0.5) is 0 Å². The molecular weight excluding hydrogens is 126 g/mol. The van der Waals surface area contributed by atoms with E-state index in [0.29, 0.717) is 12.1 Å². The molecule has 1 aliphatic carbocycles. The van der Waals surface area contributed by atoms with E-state index in [2.05, 4.69) is 17.1 Å². The summed E-state index contributed by atoms with van der Waals surface area (Å²) in [6.07, 6.45) is 4.81. The van der Waals surface area contributed by atoms with Gasteiger partial charge in [0.05, 0.1) is 6.04 Å². The van der Waals surface area contributed by atoms with Gasteiger partial charge in [-0.25, -0.2) is 0 Å². The van der Waals surface area contributed by atoms with E-state index in [4.69, 9.17) is 5.84 Å². The van der Waals surface area contributed by atoms with Gasteiger partial charge in [-0.3, -0.25) is 16.3 Å². The Bertz CT molecular complexity index is 113. The summed E-state index contributed by atoms with van der Waals surface area (Å²) in [5.74, 6) is 5.33. The molecule has 1 fully saturated rings. The Balaban J connectivity index is 2.41. The van der Waals surface area contributed by atoms with E-state index >= 15 is 0 Å². The van der Waals surface area contributed by atoms with Crippen molar-refractivity contribution in [2.24, 2.45) is 10.8 Å². The summed E-state index contributed by atoms with van der Waals surface area (Å²) < 4.78 is 0. The largest absolute Gasteiger partial charge is 0.296 e. The molecule has 2 atom stereocenters. The summed E-state index contributed by atoms with van der Waals surface area (Å²) in [7, 11) is 0. The Morgan fingerprint density at radius 2 is 2.10 bits per heavy atom. The van der Waals surface area contributed by atoms with Gasteiger partial charge in [-0.05, 0) is 19.6 Å². The van der Waals surface area contributed by atoms with Crippen LogP contribution in [0.1, 0.15) is 25.7 Å². The van der Waals surface area contributed by atoms with E-state index in [0.717, 1.165) is 12.8 Å². The monoisotopic (exact) mass is 141 g/mol. The highest BCUT2D eigenvalue weighted by Gasteiger charge is 2.21. The van der Waals surface area contributed by atoms with Crippen LogP contribution >= 0.6 is 0 Å². The fourth-order valence-electron chi connectivity index (χ4n) is 1.52. The first-order chi connectivity index (χ1) is 4.88. The lowest BCUT2D eigenvalue weighted by atomic mass is 9.91. The third kappa shape index (κ3) is 1.55. The normalized spacial score (nSPS) is 33.7. The maximum Gasteiger partial charge on any atom is 0.0658 e. The average Bonchev–Trinajstić information content (AvgIpc) is 2.04. The zero-order valence-corrected chi connectivity index (χ0v) is 6.21. The van der Waals surface area contributed by atoms with Gasteiger partial charge in [0.1, 0.15) is 0 Å². The SMILES string of the molecule is C=NC1CCCCC1NN. The number of nitrogens with zero attached hydrogens (tertiary/aromatic N) is 1. The van der Waals surface area contributed by atoms with Crippen LogP contribution in [0.2, 0.25) is 0 Å². The summed E-state index contributed by atoms with van der Waals surface area (Å²) in [6.45, 7) is 3.54. The van der Waals surface area contributed by atoms with E-state index in [9.17, 15) is 0 Å². The molecule has 0 aliphatic heterocycles. The molecule has 1 saturated carbocycles. The summed E-state index contributed by atoms with van der Waals surface area (Å²) in [5.41, 5.74) is 2.77. The van der Waals surface area contributed by atoms with Gasteiger partial charge in [0.2, 0.25) is 0 Å². The van der Waals surface area contributed by atoms with Crippen molar-refractivity contribution >= 4 is 6.72 Å². The molecule has 10 heavy (non-hydrogen) atoms. The van der Waals surface area contributed by atoms with E-state index in [-0.39, 0.29) is 0 Å². The van der Waals surface area contributed by atoms with E-state index in [1.165, 1.54) is 12.8 Å². The second kappa shape index (κ2) is 3.68. The topological polar surface area (TPSA) is 50.4 Å². The van der Waals surface area contributed by atoms with Gasteiger partial charge >= 0.3 is 0 Å². The molecule has 0 aromatic heterocycles. The van der Waals surface area contributed by atoms with E-state index < -0.39 is 0 Å². The second-order valence-corrected chi connectivity index (χ2v) is 2.81. The number of hydrogen-bond acceptors (Lipinski definition) is 3. The highest BCUT2D eigenvalue weighted by Crippen LogP contribution is 2.19. The number of hydrogen-bond donors (Lipinski definition) is 2. The van der Waals surface area contributed by atoms with Gasteiger partial charge in [0.25, 0.3) is 0 Å². The molecule has 1 aliphatic rings. The second-order valence-electron chi connectivity index (χ2n) is 2.81. The van der Waals surface area contributed by atoms with Crippen LogP contribution in [0, 0.1) is 0 Å². The first-order valence-corrected chi connectivity index (χ1v) is 3.80. The molecule has 0 bridgehead atoms. The first-order valence-electron chi connectivity index (χ1n) is 3.80. The van der Waals surface area contributed by atoms with E-state index in [1.807, 2.05) is 0 Å². The number of hydrazine groups is 1. The molecule has 0 spiro atoms. The van der Waals surface area contributed by atoms with Gasteiger partial charge in [-0.2, -0.15) is 0 Å². The highest BCUT2D eigenvalue weighted by molar-refractivity contribution is 5.24. The Morgan fingerprint density at radius 1 is 1.40 bits per heavy atom. The minimum absolute atomic E-state index is 0.346. The molecule has 3 N–H and O–H groups in total. The zero-order valence-electron chi connectivity index (χ0n) is 6.21. The van der Waals surface area contributed by atoms with Crippen molar-refractivity contribution in [3.63, 3.8) is 0 Å². The molecule has 3 nitrogen and oxygen atoms in total. The average molecular weight is 141 g/mol. The fourth-order valence-corrected chi connectivity index (χ4v) is 1.52. The fraction of sp³-hybridized carbons (Fsp3) is 0.857. The molecule has 58 valence electrons. The summed E-state index contributed by atoms with van der Waals surface area (Å²) in [5, 5.41) is 0. The minimum Gasteiger partial charge on any atom is -0.296 e. The number of aliphatic imine (C=N–C) groups is 1. The van der Waals surface area contributed by atoms with Gasteiger partial charge in [-0.1, -0.05) is 12.8 Å². The van der Waals surface area contributed by atoms with Crippen LogP contribution < -0.4 is 11.3 Å². The predicted molar refractivity (Wildman–Crippen MR) is 42.9 cm³/mol. The lowest BCUT2D eigenvalue weighted by Gasteiger charge is -2.27. The van der Waals surface area contributed by atoms with Crippen LogP contribution in [0.3, 0.4) is 0 Å². The predicted octanol–water partition coefficient (Wildman–Crippen LogP) is 0.462. The van der Waals surface area contributed by atoms with Crippen LogP contribution in [0.15, 0.2) is 4.99 Å². The maximum atomic E-state index is 5.33. The third-order valence-electron chi connectivity index (χ3n) is 2.18. The molecule has 0 radical (unpaired) electrons. The Hall–Kier alpha value is -0.410. The van der Waals surface area contributed by atoms with Gasteiger partial charge in [-0.15, -0.1) is 0 Å². The Kier molecular flexibility index (Phi) is 2.83. The van der Waals surface area contributed by atoms with Crippen molar-refractivity contribution in [2.75, 3.05) is 0 Å². The van der Waals surface area contributed by atoms with Crippen LogP contribution in [-0.2, 0) is 0 Å². The number of nitrogens with two attached hydrogens (primary N) is 1. The van der Waals surface area contributed by atoms with Crippen LogP contribution in [0.25, 0.3) is 0 Å². The summed E-state index contributed by atoms with van der Waals surface area (Å²) in [6, 6.07) is 0.713. The molecule has 2 unspecified atom stereocenters. The van der Waals surface area contributed by atoms with Crippen LogP contribution in [0.5, 0.6) is 0 Å². The van der Waals surface area contributed by atoms with Gasteiger partial charge in [0, 0.05) is 6.04 Å². The molecule has 0 heterocycles. The quantitative estimate of drug-likeness (QED) is 0.333. The summed E-state index contributed by atoms with van der Waals surface area (Å²) in [4.78, 5) is 4.01. The smallest absolute Gasteiger partial charge is 0.0658 e. The summed E-state index contributed by atoms with van der Waals surface area (Å²) >= 11 is 0. The highest BCUT2D eigenvalue weighted by atomic mass is 15.2. The van der Waals surface area contributed by atoms with Crippen molar-refractivity contribution in [1.29, 1.82) is 0 Å². The number of rotatable bonds is 2. The molecule has 0 aromatic rings. The Labute approximate surface area is 61.7 Å². The lowest BCUT2D eigenvalue weighted by molar-refractivity contribution is 0.334. The number of nitrogens with one attached hydrogen (secondary N) is 1. The molecular formula is C7H15N3. The van der Waals surface area contributed by atoms with Crippen LogP contribution in [-0.4, -0.2) is 18.8 Å². The third-order valence-corrected chi connectivity index (χ3v) is 2.18. The van der Waals surface area contributed by atoms with Gasteiger partial charge < -0.3 is 0 Å². The lowest BCUT2D eigenvalue weighted by Crippen LogP contribution is -2.44. The van der Waals surface area contributed by atoms with Gasteiger partial charge in [0.15, 0.2) is 0 Å².